The first-order chi connectivity index (χ1) is 24.4. The predicted octanol–water partition coefficient (Wildman–Crippen LogP) is 6.80. The number of aryl methyl sites for hydroxylation is 1. The molecule has 0 bridgehead atoms. The third-order valence-electron chi connectivity index (χ3n) is 10.5. The average molecular weight is 807 g/mol. The van der Waals surface area contributed by atoms with Gasteiger partial charge in [0.1, 0.15) is 0 Å². The first-order valence-corrected chi connectivity index (χ1v) is 19.7. The molecule has 2 aromatic carbocycles. The van der Waals surface area contributed by atoms with Crippen LogP contribution in [0.15, 0.2) is 54.9 Å². The van der Waals surface area contributed by atoms with Gasteiger partial charge in [-0.2, -0.15) is 0 Å². The zero-order valence-corrected chi connectivity index (χ0v) is 31.6. The van der Waals surface area contributed by atoms with Crippen molar-refractivity contribution in [1.82, 2.24) is 38.3 Å². The fourth-order valence-corrected chi connectivity index (χ4v) is 8.64. The summed E-state index contributed by atoms with van der Waals surface area (Å²) in [7, 11) is 0. The van der Waals surface area contributed by atoms with Gasteiger partial charge in [-0.05, 0) is 87.3 Å². The van der Waals surface area contributed by atoms with Gasteiger partial charge in [0.25, 0.3) is 11.1 Å². The highest BCUT2D eigenvalue weighted by atomic mass is 79.9. The summed E-state index contributed by atoms with van der Waals surface area (Å²) < 4.78 is 9.59. The number of halogens is 2. The highest BCUT2D eigenvalue weighted by Crippen LogP contribution is 2.29. The zero-order chi connectivity index (χ0) is 34.4. The van der Waals surface area contributed by atoms with Gasteiger partial charge in [0.05, 0.1) is 21.8 Å². The highest BCUT2D eigenvalue weighted by Gasteiger charge is 2.25. The van der Waals surface area contributed by atoms with Crippen molar-refractivity contribution in [1.29, 1.82) is 0 Å². The van der Waals surface area contributed by atoms with Crippen LogP contribution in [-0.2, 0) is 13.1 Å². The Bertz CT molecular complexity index is 2310. The van der Waals surface area contributed by atoms with Crippen LogP contribution in [0, 0.1) is 5.92 Å². The van der Waals surface area contributed by atoms with E-state index in [1.807, 2.05) is 45.4 Å². The lowest BCUT2D eigenvalue weighted by Gasteiger charge is -2.18. The second-order valence-electron chi connectivity index (χ2n) is 13.9. The Morgan fingerprint density at radius 2 is 1.14 bits per heavy atom. The van der Waals surface area contributed by atoms with Crippen LogP contribution in [0.2, 0.25) is 0 Å². The number of hydrogen-bond acceptors (Lipinski definition) is 8. The maximum Gasteiger partial charge on any atom is 0.262 e. The zero-order valence-electron chi connectivity index (χ0n) is 28.4. The molecule has 6 aromatic rings. The fourth-order valence-electron chi connectivity index (χ4n) is 7.92. The molecule has 2 saturated heterocycles. The molecule has 50 heavy (non-hydrogen) atoms. The average Bonchev–Trinajstić information content (AvgIpc) is 3.96. The SMILES string of the molecule is CCCCn1c(=O)c2cc(Br)ccc2n2c(N3CCCC3)nnc12.O=c1c2cc(Br)ccc2n2c(N3CCCC3)nnc2n1CC1CCCC1. The number of unbranched alkanes of at least 4 members (excludes halogenated alkanes) is 1. The van der Waals surface area contributed by atoms with Gasteiger partial charge in [-0.3, -0.25) is 18.7 Å². The second-order valence-corrected chi connectivity index (χ2v) is 15.7. The van der Waals surface area contributed by atoms with Crippen molar-refractivity contribution in [2.24, 2.45) is 5.92 Å². The lowest BCUT2D eigenvalue weighted by molar-refractivity contribution is 0.454. The summed E-state index contributed by atoms with van der Waals surface area (Å²) >= 11 is 7.00. The lowest BCUT2D eigenvalue weighted by Crippen LogP contribution is -2.27. The van der Waals surface area contributed by atoms with Gasteiger partial charge in [0.2, 0.25) is 23.5 Å². The molecule has 12 nitrogen and oxygen atoms in total. The highest BCUT2D eigenvalue weighted by molar-refractivity contribution is 9.10. The maximum atomic E-state index is 13.3. The number of rotatable bonds is 7. The molecular weight excluding hydrogens is 764 g/mol. The van der Waals surface area contributed by atoms with Crippen molar-refractivity contribution in [3.63, 3.8) is 0 Å². The van der Waals surface area contributed by atoms with Crippen LogP contribution in [0.1, 0.15) is 71.1 Å². The largest absolute Gasteiger partial charge is 0.341 e. The molecule has 0 N–H and O–H groups in total. The van der Waals surface area contributed by atoms with E-state index in [0.29, 0.717) is 29.4 Å². The van der Waals surface area contributed by atoms with E-state index in [-0.39, 0.29) is 11.1 Å². The van der Waals surface area contributed by atoms with Crippen LogP contribution in [0.5, 0.6) is 0 Å². The summed E-state index contributed by atoms with van der Waals surface area (Å²) in [5.41, 5.74) is 1.81. The first-order valence-electron chi connectivity index (χ1n) is 18.1. The number of benzene rings is 2. The number of aromatic nitrogens is 8. The minimum absolute atomic E-state index is 0.00706. The monoisotopic (exact) mass is 804 g/mol. The van der Waals surface area contributed by atoms with E-state index in [9.17, 15) is 9.59 Å². The summed E-state index contributed by atoms with van der Waals surface area (Å²) in [5, 5.41) is 19.2. The molecule has 0 atom stereocenters. The second kappa shape index (κ2) is 14.1. The summed E-state index contributed by atoms with van der Waals surface area (Å²) in [6, 6.07) is 11.7. The molecular formula is C36H42Br2N10O2. The normalized spacial score (nSPS) is 16.9. The molecule has 262 valence electrons. The van der Waals surface area contributed by atoms with E-state index in [2.05, 4.69) is 73.4 Å². The van der Waals surface area contributed by atoms with E-state index in [1.165, 1.54) is 51.4 Å². The summed E-state index contributed by atoms with van der Waals surface area (Å²) in [6.07, 6.45) is 11.6. The molecule has 0 unspecified atom stereocenters. The number of fused-ring (bicyclic) bond motifs is 6. The van der Waals surface area contributed by atoms with E-state index < -0.39 is 0 Å². The van der Waals surface area contributed by atoms with E-state index in [4.69, 9.17) is 0 Å². The molecule has 0 spiro atoms. The van der Waals surface area contributed by atoms with Crippen molar-refractivity contribution in [2.45, 2.75) is 84.2 Å². The first kappa shape index (κ1) is 33.4. The van der Waals surface area contributed by atoms with Crippen molar-refractivity contribution >= 4 is 77.1 Å². The Morgan fingerprint density at radius 3 is 1.64 bits per heavy atom. The van der Waals surface area contributed by atoms with Crippen LogP contribution >= 0.6 is 31.9 Å². The lowest BCUT2D eigenvalue weighted by atomic mass is 10.1. The Kier molecular flexibility index (Phi) is 9.40. The number of anilines is 2. The molecule has 14 heteroatoms. The maximum absolute atomic E-state index is 13.3. The van der Waals surface area contributed by atoms with Crippen molar-refractivity contribution < 1.29 is 0 Å². The third kappa shape index (κ3) is 6.01. The summed E-state index contributed by atoms with van der Waals surface area (Å²) in [6.45, 7) is 7.52. The third-order valence-corrected chi connectivity index (χ3v) is 11.5. The van der Waals surface area contributed by atoms with E-state index in [1.54, 1.807) is 4.57 Å². The fraction of sp³-hybridized carbons (Fsp3) is 0.500. The summed E-state index contributed by atoms with van der Waals surface area (Å²) in [5.74, 6) is 3.60. The topological polar surface area (TPSA) is 111 Å². The van der Waals surface area contributed by atoms with Crippen LogP contribution in [-0.4, -0.2) is 64.5 Å². The minimum Gasteiger partial charge on any atom is -0.341 e. The molecule has 0 amide bonds. The van der Waals surface area contributed by atoms with Crippen LogP contribution < -0.4 is 20.9 Å². The number of nitrogens with zero attached hydrogens (tertiary/aromatic N) is 10. The van der Waals surface area contributed by atoms with Crippen molar-refractivity contribution in [3.8, 4) is 0 Å². The van der Waals surface area contributed by atoms with Crippen LogP contribution in [0.25, 0.3) is 33.4 Å². The Hall–Kier alpha value is -3.78. The molecule has 2 aliphatic heterocycles. The standard InChI is InChI=1S/C19H22BrN5O.C17H20BrN5O/c20-14-7-8-16-15(11-14)17(26)24(12-13-5-1-2-6-13)19-22-21-18(25(16)19)23-9-3-4-10-23;1-2-3-10-22-15(24)13-11-12(18)6-7-14(13)23-16(19-20-17(22)23)21-8-4-5-9-21/h7-8,11,13H,1-6,9-10,12H2;6-7,11H,2-5,8-10H2,1H3. The van der Waals surface area contributed by atoms with Gasteiger partial charge >= 0.3 is 0 Å². The van der Waals surface area contributed by atoms with Crippen molar-refractivity contribution in [2.75, 3.05) is 36.0 Å². The summed E-state index contributed by atoms with van der Waals surface area (Å²) in [4.78, 5) is 30.8. The van der Waals surface area contributed by atoms with Gasteiger partial charge in [-0.1, -0.05) is 58.0 Å². The predicted molar refractivity (Wildman–Crippen MR) is 205 cm³/mol. The molecule has 3 aliphatic rings. The van der Waals surface area contributed by atoms with Gasteiger partial charge in [-0.15, -0.1) is 20.4 Å². The van der Waals surface area contributed by atoms with Gasteiger partial charge in [-0.25, -0.2) is 8.80 Å². The smallest absolute Gasteiger partial charge is 0.262 e. The van der Waals surface area contributed by atoms with Crippen LogP contribution in [0.4, 0.5) is 11.9 Å². The Balaban J connectivity index is 0.000000145. The van der Waals surface area contributed by atoms with Crippen molar-refractivity contribution in [3.05, 3.63) is 66.1 Å². The molecule has 1 saturated carbocycles. The minimum atomic E-state index is 0.00706. The van der Waals surface area contributed by atoms with Gasteiger partial charge in [0.15, 0.2) is 0 Å². The van der Waals surface area contributed by atoms with Gasteiger partial charge < -0.3 is 9.80 Å². The molecule has 1 aliphatic carbocycles. The Morgan fingerprint density at radius 1 is 0.660 bits per heavy atom. The Labute approximate surface area is 306 Å². The molecule has 3 fully saturated rings. The van der Waals surface area contributed by atoms with Crippen LogP contribution in [0.3, 0.4) is 0 Å². The molecule has 4 aromatic heterocycles. The molecule has 9 rings (SSSR count). The number of hydrogen-bond donors (Lipinski definition) is 0. The molecule has 0 radical (unpaired) electrons. The van der Waals surface area contributed by atoms with Gasteiger partial charge in [0, 0.05) is 48.2 Å². The van der Waals surface area contributed by atoms with E-state index >= 15 is 0 Å². The molecule has 6 heterocycles. The quantitative estimate of drug-likeness (QED) is 0.173. The van der Waals surface area contributed by atoms with E-state index in [0.717, 1.165) is 82.8 Å².